The lowest BCUT2D eigenvalue weighted by Gasteiger charge is -2.48. The summed E-state index contributed by atoms with van der Waals surface area (Å²) in [5.41, 5.74) is 1.44. The fourth-order valence-electron chi connectivity index (χ4n) is 3.64. The van der Waals surface area contributed by atoms with Crippen molar-refractivity contribution in [3.05, 3.63) is 42.0 Å². The van der Waals surface area contributed by atoms with E-state index < -0.39 is 0 Å². The van der Waals surface area contributed by atoms with Crippen LogP contribution in [-0.2, 0) is 5.41 Å². The molecule has 1 aromatic carbocycles. The first-order valence-corrected chi connectivity index (χ1v) is 6.86. The van der Waals surface area contributed by atoms with E-state index in [4.69, 9.17) is 0 Å². The molecule has 1 N–H and O–H groups in total. The maximum Gasteiger partial charge on any atom is 0.115 e. The molecule has 3 rings (SSSR count). The van der Waals surface area contributed by atoms with Crippen molar-refractivity contribution in [1.82, 2.24) is 4.90 Å². The molecule has 0 radical (unpaired) electrons. The highest BCUT2D eigenvalue weighted by Gasteiger charge is 2.42. The van der Waals surface area contributed by atoms with Crippen LogP contribution in [0.4, 0.5) is 0 Å². The zero-order valence-corrected chi connectivity index (χ0v) is 11.0. The molecule has 0 bridgehead atoms. The summed E-state index contributed by atoms with van der Waals surface area (Å²) < 4.78 is 0. The Morgan fingerprint density at radius 2 is 2.28 bits per heavy atom. The molecule has 0 amide bonds. The summed E-state index contributed by atoms with van der Waals surface area (Å²) >= 11 is 0. The minimum atomic E-state index is 0.156. The van der Waals surface area contributed by atoms with Crippen LogP contribution in [0.1, 0.15) is 24.8 Å². The number of aromatic hydroxyl groups is 1. The summed E-state index contributed by atoms with van der Waals surface area (Å²) in [7, 11) is 2.21. The summed E-state index contributed by atoms with van der Waals surface area (Å²) in [6.07, 6.45) is 8.35. The molecule has 1 aliphatic heterocycles. The molecular formula is C16H21NO. The molecule has 96 valence electrons. The Morgan fingerprint density at radius 3 is 3.11 bits per heavy atom. The van der Waals surface area contributed by atoms with Gasteiger partial charge in [0.25, 0.3) is 0 Å². The normalized spacial score (nSPS) is 32.2. The van der Waals surface area contributed by atoms with Crippen molar-refractivity contribution in [2.75, 3.05) is 20.1 Å². The fraction of sp³-hybridized carbons (Fsp3) is 0.500. The molecule has 1 aromatic rings. The van der Waals surface area contributed by atoms with Crippen LogP contribution in [0.3, 0.4) is 0 Å². The van der Waals surface area contributed by atoms with Crippen molar-refractivity contribution in [2.24, 2.45) is 5.92 Å². The van der Waals surface area contributed by atoms with Gasteiger partial charge in [0.1, 0.15) is 5.75 Å². The van der Waals surface area contributed by atoms with Gasteiger partial charge in [-0.2, -0.15) is 0 Å². The molecule has 2 heteroatoms. The number of likely N-dealkylation sites (tertiary alicyclic amines) is 1. The van der Waals surface area contributed by atoms with Crippen molar-refractivity contribution in [2.45, 2.75) is 24.7 Å². The van der Waals surface area contributed by atoms with E-state index in [-0.39, 0.29) is 5.41 Å². The molecule has 2 atom stereocenters. The van der Waals surface area contributed by atoms with E-state index in [1.54, 1.807) is 6.07 Å². The van der Waals surface area contributed by atoms with E-state index in [0.717, 1.165) is 13.0 Å². The van der Waals surface area contributed by atoms with Gasteiger partial charge in [-0.15, -0.1) is 0 Å². The quantitative estimate of drug-likeness (QED) is 0.767. The highest BCUT2D eigenvalue weighted by molar-refractivity contribution is 5.39. The first-order valence-electron chi connectivity index (χ1n) is 6.86. The van der Waals surface area contributed by atoms with Crippen LogP contribution in [-0.4, -0.2) is 30.1 Å². The average Bonchev–Trinajstić information content (AvgIpc) is 2.38. The van der Waals surface area contributed by atoms with Gasteiger partial charge >= 0.3 is 0 Å². The number of allylic oxidation sites excluding steroid dienone is 2. The first-order chi connectivity index (χ1) is 8.71. The maximum atomic E-state index is 9.75. The van der Waals surface area contributed by atoms with E-state index in [1.165, 1.54) is 24.9 Å². The Morgan fingerprint density at radius 1 is 1.39 bits per heavy atom. The van der Waals surface area contributed by atoms with E-state index in [1.807, 2.05) is 12.1 Å². The third-order valence-corrected chi connectivity index (χ3v) is 4.65. The molecule has 0 spiro atoms. The van der Waals surface area contributed by atoms with Gasteiger partial charge in [-0.3, -0.25) is 0 Å². The molecular weight excluding hydrogens is 222 g/mol. The number of piperidine rings is 1. The largest absolute Gasteiger partial charge is 0.508 e. The van der Waals surface area contributed by atoms with Crippen LogP contribution in [0.2, 0.25) is 0 Å². The van der Waals surface area contributed by atoms with E-state index in [2.05, 4.69) is 30.2 Å². The lowest BCUT2D eigenvalue weighted by atomic mass is 9.62. The predicted octanol–water partition coefficient (Wildman–Crippen LogP) is 2.93. The minimum Gasteiger partial charge on any atom is -0.508 e. The average molecular weight is 243 g/mol. The zero-order valence-electron chi connectivity index (χ0n) is 11.0. The Balaban J connectivity index is 2.04. The van der Waals surface area contributed by atoms with Crippen LogP contribution < -0.4 is 0 Å². The van der Waals surface area contributed by atoms with Crippen molar-refractivity contribution in [3.63, 3.8) is 0 Å². The van der Waals surface area contributed by atoms with Crippen molar-refractivity contribution < 1.29 is 5.11 Å². The van der Waals surface area contributed by atoms with Gasteiger partial charge in [0.15, 0.2) is 0 Å². The van der Waals surface area contributed by atoms with Gasteiger partial charge in [0.2, 0.25) is 0 Å². The number of hydrogen-bond acceptors (Lipinski definition) is 2. The lowest BCUT2D eigenvalue weighted by Crippen LogP contribution is -2.48. The standard InChI is InChI=1S/C16H21NO/c1-17-10-9-16(8-3-2-5-14(16)12-17)13-6-4-7-15(18)11-13/h3-4,6-8,11,14,18H,2,5,9-10,12H2,1H3. The van der Waals surface area contributed by atoms with Crippen molar-refractivity contribution in [1.29, 1.82) is 0 Å². The van der Waals surface area contributed by atoms with Gasteiger partial charge in [-0.1, -0.05) is 24.3 Å². The Labute approximate surface area is 109 Å². The second-order valence-corrected chi connectivity index (χ2v) is 5.78. The Bertz CT molecular complexity index is 468. The van der Waals surface area contributed by atoms with Crippen LogP contribution in [0.15, 0.2) is 36.4 Å². The van der Waals surface area contributed by atoms with Gasteiger partial charge in [0.05, 0.1) is 0 Å². The summed E-state index contributed by atoms with van der Waals surface area (Å²) in [5, 5.41) is 9.75. The second-order valence-electron chi connectivity index (χ2n) is 5.78. The summed E-state index contributed by atoms with van der Waals surface area (Å²) in [6.45, 7) is 2.30. The minimum absolute atomic E-state index is 0.156. The molecule has 18 heavy (non-hydrogen) atoms. The number of nitrogens with zero attached hydrogens (tertiary/aromatic N) is 1. The molecule has 2 nitrogen and oxygen atoms in total. The van der Waals surface area contributed by atoms with Crippen molar-refractivity contribution >= 4 is 0 Å². The third kappa shape index (κ3) is 1.85. The topological polar surface area (TPSA) is 23.5 Å². The third-order valence-electron chi connectivity index (χ3n) is 4.65. The van der Waals surface area contributed by atoms with Crippen LogP contribution in [0.5, 0.6) is 5.75 Å². The monoisotopic (exact) mass is 243 g/mol. The summed E-state index contributed by atoms with van der Waals surface area (Å²) in [5.74, 6) is 1.07. The van der Waals surface area contributed by atoms with E-state index >= 15 is 0 Å². The van der Waals surface area contributed by atoms with Gasteiger partial charge in [-0.25, -0.2) is 0 Å². The highest BCUT2D eigenvalue weighted by Crippen LogP contribution is 2.46. The van der Waals surface area contributed by atoms with Crippen LogP contribution in [0, 0.1) is 5.92 Å². The van der Waals surface area contributed by atoms with E-state index in [9.17, 15) is 5.11 Å². The number of fused-ring (bicyclic) bond motifs is 1. The molecule has 0 saturated carbocycles. The van der Waals surface area contributed by atoms with Crippen LogP contribution in [0.25, 0.3) is 0 Å². The van der Waals surface area contributed by atoms with Gasteiger partial charge in [0, 0.05) is 12.0 Å². The number of rotatable bonds is 1. The number of hydrogen-bond donors (Lipinski definition) is 1. The summed E-state index contributed by atoms with van der Waals surface area (Å²) in [6, 6.07) is 7.86. The Kier molecular flexibility index (Phi) is 2.90. The number of phenols is 1. The molecule has 0 aromatic heterocycles. The second kappa shape index (κ2) is 4.43. The van der Waals surface area contributed by atoms with Crippen LogP contribution >= 0.6 is 0 Å². The molecule has 2 aliphatic rings. The summed E-state index contributed by atoms with van der Waals surface area (Å²) in [4.78, 5) is 2.44. The zero-order chi connectivity index (χ0) is 12.6. The SMILES string of the molecule is CN1CCC2(c3cccc(O)c3)C=CCCC2C1. The van der Waals surface area contributed by atoms with Gasteiger partial charge in [-0.05, 0) is 56.5 Å². The molecule has 1 fully saturated rings. The molecule has 1 aliphatic carbocycles. The molecule has 2 unspecified atom stereocenters. The first kappa shape index (κ1) is 11.8. The smallest absolute Gasteiger partial charge is 0.115 e. The van der Waals surface area contributed by atoms with Crippen molar-refractivity contribution in [3.8, 4) is 5.75 Å². The van der Waals surface area contributed by atoms with E-state index in [0.29, 0.717) is 11.7 Å². The van der Waals surface area contributed by atoms with Gasteiger partial charge < -0.3 is 10.0 Å². The highest BCUT2D eigenvalue weighted by atomic mass is 16.3. The lowest BCUT2D eigenvalue weighted by molar-refractivity contribution is 0.128. The molecule has 1 heterocycles. The number of benzene rings is 1. The predicted molar refractivity (Wildman–Crippen MR) is 73.8 cm³/mol. The fourth-order valence-corrected chi connectivity index (χ4v) is 3.64. The number of phenolic OH excluding ortho intramolecular Hbond substituents is 1. The maximum absolute atomic E-state index is 9.75. The Hall–Kier alpha value is -1.28. The molecule has 1 saturated heterocycles.